The Labute approximate surface area is 149 Å². The van der Waals surface area contributed by atoms with Crippen molar-refractivity contribution in [3.8, 4) is 5.75 Å². The number of hydrogen-bond donors (Lipinski definition) is 1. The van der Waals surface area contributed by atoms with E-state index in [0.717, 1.165) is 19.3 Å². The van der Waals surface area contributed by atoms with Gasteiger partial charge in [-0.15, -0.1) is 0 Å². The number of phenolic OH excluding ortho intramolecular Hbond substituents is 1. The van der Waals surface area contributed by atoms with Crippen molar-refractivity contribution in [2.24, 2.45) is 0 Å². The summed E-state index contributed by atoms with van der Waals surface area (Å²) in [5.74, 6) is -0.0107. The Kier molecular flexibility index (Phi) is 5.61. The van der Waals surface area contributed by atoms with E-state index in [4.69, 9.17) is 0 Å². The number of aromatic hydroxyl groups is 1. The van der Waals surface area contributed by atoms with Crippen LogP contribution < -0.4 is 0 Å². The molecule has 1 aromatic carbocycles. The predicted octanol–water partition coefficient (Wildman–Crippen LogP) is 1.27. The third kappa shape index (κ3) is 4.13. The molecule has 7 nitrogen and oxygen atoms in total. The van der Waals surface area contributed by atoms with Crippen LogP contribution in [0.2, 0.25) is 0 Å². The molecule has 2 fully saturated rings. The SMILES string of the molecule is O=C(c1ccc(O)cc1)N1CCCN(S(=O)(=O)N2CCCCC2)CC1. The van der Waals surface area contributed by atoms with Crippen LogP contribution in [0.4, 0.5) is 0 Å². The molecule has 0 atom stereocenters. The Bertz CT molecular complexity index is 699. The lowest BCUT2D eigenvalue weighted by Crippen LogP contribution is -2.47. The fourth-order valence-corrected chi connectivity index (χ4v) is 5.09. The number of rotatable bonds is 3. The first kappa shape index (κ1) is 18.2. The van der Waals surface area contributed by atoms with Crippen LogP contribution in [0, 0.1) is 0 Å². The molecule has 2 saturated heterocycles. The average Bonchev–Trinajstić information content (AvgIpc) is 2.89. The van der Waals surface area contributed by atoms with Gasteiger partial charge >= 0.3 is 0 Å². The van der Waals surface area contributed by atoms with Gasteiger partial charge in [-0.05, 0) is 43.5 Å². The summed E-state index contributed by atoms with van der Waals surface area (Å²) in [4.78, 5) is 14.3. The number of benzene rings is 1. The van der Waals surface area contributed by atoms with Gasteiger partial charge in [0.25, 0.3) is 16.1 Å². The minimum absolute atomic E-state index is 0.117. The maximum Gasteiger partial charge on any atom is 0.282 e. The van der Waals surface area contributed by atoms with Crippen LogP contribution in [0.3, 0.4) is 0 Å². The lowest BCUT2D eigenvalue weighted by Gasteiger charge is -2.31. The average molecular weight is 367 g/mol. The predicted molar refractivity (Wildman–Crippen MR) is 94.5 cm³/mol. The van der Waals surface area contributed by atoms with Gasteiger partial charge < -0.3 is 10.0 Å². The monoisotopic (exact) mass is 367 g/mol. The zero-order chi connectivity index (χ0) is 17.9. The van der Waals surface area contributed by atoms with E-state index in [1.54, 1.807) is 21.3 Å². The molecule has 0 aromatic heterocycles. The molecule has 2 aliphatic rings. The molecule has 0 radical (unpaired) electrons. The topological polar surface area (TPSA) is 81.2 Å². The van der Waals surface area contributed by atoms with Crippen molar-refractivity contribution in [1.29, 1.82) is 0 Å². The molecule has 25 heavy (non-hydrogen) atoms. The third-order valence-electron chi connectivity index (χ3n) is 4.82. The largest absolute Gasteiger partial charge is 0.508 e. The highest BCUT2D eigenvalue weighted by molar-refractivity contribution is 7.86. The van der Waals surface area contributed by atoms with E-state index in [1.165, 1.54) is 16.4 Å². The first-order valence-electron chi connectivity index (χ1n) is 8.82. The molecule has 1 amide bonds. The van der Waals surface area contributed by atoms with Crippen molar-refractivity contribution in [1.82, 2.24) is 13.5 Å². The van der Waals surface area contributed by atoms with Crippen LogP contribution in [-0.4, -0.2) is 72.2 Å². The molecule has 1 aromatic rings. The van der Waals surface area contributed by atoms with Crippen molar-refractivity contribution in [2.45, 2.75) is 25.7 Å². The highest BCUT2D eigenvalue weighted by Crippen LogP contribution is 2.19. The Hall–Kier alpha value is -1.64. The molecule has 8 heteroatoms. The Morgan fingerprint density at radius 2 is 1.40 bits per heavy atom. The Morgan fingerprint density at radius 3 is 2.08 bits per heavy atom. The molecule has 2 heterocycles. The van der Waals surface area contributed by atoms with Gasteiger partial charge in [0, 0.05) is 44.8 Å². The number of carbonyl (C=O) groups excluding carboxylic acids is 1. The van der Waals surface area contributed by atoms with Crippen molar-refractivity contribution in [3.05, 3.63) is 29.8 Å². The van der Waals surface area contributed by atoms with Gasteiger partial charge in [0.1, 0.15) is 5.75 Å². The lowest BCUT2D eigenvalue weighted by atomic mass is 10.2. The van der Waals surface area contributed by atoms with E-state index >= 15 is 0 Å². The summed E-state index contributed by atoms with van der Waals surface area (Å²) in [7, 11) is -3.43. The van der Waals surface area contributed by atoms with Crippen molar-refractivity contribution in [3.63, 3.8) is 0 Å². The molecule has 138 valence electrons. The summed E-state index contributed by atoms with van der Waals surface area (Å²) in [5, 5.41) is 9.34. The van der Waals surface area contributed by atoms with Crippen LogP contribution in [0.1, 0.15) is 36.0 Å². The van der Waals surface area contributed by atoms with Gasteiger partial charge in [-0.2, -0.15) is 17.0 Å². The zero-order valence-electron chi connectivity index (χ0n) is 14.3. The van der Waals surface area contributed by atoms with Crippen molar-refractivity contribution in [2.75, 3.05) is 39.3 Å². The summed E-state index contributed by atoms with van der Waals surface area (Å²) in [6, 6.07) is 6.14. The molecule has 0 spiro atoms. The first-order chi connectivity index (χ1) is 12.0. The molecular weight excluding hydrogens is 342 g/mol. The highest BCUT2D eigenvalue weighted by Gasteiger charge is 2.32. The van der Waals surface area contributed by atoms with Crippen LogP contribution in [0.25, 0.3) is 0 Å². The van der Waals surface area contributed by atoms with Gasteiger partial charge in [-0.3, -0.25) is 4.79 Å². The second-order valence-corrected chi connectivity index (χ2v) is 8.49. The van der Waals surface area contributed by atoms with Gasteiger partial charge in [0.05, 0.1) is 0 Å². The minimum Gasteiger partial charge on any atom is -0.508 e. The van der Waals surface area contributed by atoms with Crippen molar-refractivity contribution >= 4 is 16.1 Å². The van der Waals surface area contributed by atoms with Gasteiger partial charge in [-0.25, -0.2) is 0 Å². The minimum atomic E-state index is -3.43. The number of hydrogen-bond acceptors (Lipinski definition) is 4. The number of phenols is 1. The van der Waals surface area contributed by atoms with Crippen LogP contribution in [0.15, 0.2) is 24.3 Å². The third-order valence-corrected chi connectivity index (χ3v) is 6.86. The van der Waals surface area contributed by atoms with E-state index in [9.17, 15) is 18.3 Å². The standard InChI is InChI=1S/C17H25N3O4S/c21-16-7-5-15(6-8-16)17(22)18-9-4-12-20(14-13-18)25(23,24)19-10-2-1-3-11-19/h5-8,21H,1-4,9-14H2. The van der Waals surface area contributed by atoms with Gasteiger partial charge in [0.15, 0.2) is 0 Å². The normalized spacial score (nSPS) is 21.0. The lowest BCUT2D eigenvalue weighted by molar-refractivity contribution is 0.0764. The van der Waals surface area contributed by atoms with Gasteiger partial charge in [-0.1, -0.05) is 6.42 Å². The number of piperidine rings is 1. The fraction of sp³-hybridized carbons (Fsp3) is 0.588. The molecule has 1 N–H and O–H groups in total. The summed E-state index contributed by atoms with van der Waals surface area (Å²) >= 11 is 0. The highest BCUT2D eigenvalue weighted by atomic mass is 32.2. The maximum atomic E-state index is 12.8. The van der Waals surface area contributed by atoms with Gasteiger partial charge in [0.2, 0.25) is 0 Å². The van der Waals surface area contributed by atoms with Crippen LogP contribution in [0.5, 0.6) is 5.75 Å². The number of carbonyl (C=O) groups is 1. The number of amides is 1. The first-order valence-corrected chi connectivity index (χ1v) is 10.2. The second-order valence-electron chi connectivity index (χ2n) is 6.56. The van der Waals surface area contributed by atoms with E-state index < -0.39 is 10.2 Å². The zero-order valence-corrected chi connectivity index (χ0v) is 15.1. The van der Waals surface area contributed by atoms with E-state index in [-0.39, 0.29) is 11.7 Å². The molecule has 0 aliphatic carbocycles. The van der Waals surface area contributed by atoms with E-state index in [0.29, 0.717) is 51.3 Å². The van der Waals surface area contributed by atoms with E-state index in [1.807, 2.05) is 0 Å². The van der Waals surface area contributed by atoms with Crippen molar-refractivity contribution < 1.29 is 18.3 Å². The van der Waals surface area contributed by atoms with E-state index in [2.05, 4.69) is 0 Å². The summed E-state index contributed by atoms with van der Waals surface area (Å²) < 4.78 is 28.7. The molecule has 2 aliphatic heterocycles. The summed E-state index contributed by atoms with van der Waals surface area (Å²) in [5.41, 5.74) is 0.505. The molecule has 0 bridgehead atoms. The molecule has 0 saturated carbocycles. The Balaban J connectivity index is 1.65. The summed E-state index contributed by atoms with van der Waals surface area (Å²) in [6.07, 6.45) is 3.54. The number of nitrogens with zero attached hydrogens (tertiary/aromatic N) is 3. The van der Waals surface area contributed by atoms with Crippen LogP contribution >= 0.6 is 0 Å². The quantitative estimate of drug-likeness (QED) is 0.872. The smallest absolute Gasteiger partial charge is 0.282 e. The fourth-order valence-electron chi connectivity index (χ4n) is 3.37. The molecule has 3 rings (SSSR count). The summed E-state index contributed by atoms with van der Waals surface area (Å²) in [6.45, 7) is 2.86. The molecular formula is C17H25N3O4S. The molecule has 0 unspecified atom stereocenters. The second kappa shape index (κ2) is 7.72. The maximum absolute atomic E-state index is 12.8. The van der Waals surface area contributed by atoms with Crippen LogP contribution in [-0.2, 0) is 10.2 Å². The Morgan fingerprint density at radius 1 is 0.800 bits per heavy atom.